The predicted octanol–water partition coefficient (Wildman–Crippen LogP) is 3.35. The summed E-state index contributed by atoms with van der Waals surface area (Å²) in [5.74, 6) is -0.508. The number of ether oxygens (including phenoxy) is 1. The second kappa shape index (κ2) is 6.62. The van der Waals surface area contributed by atoms with Crippen molar-refractivity contribution in [3.05, 3.63) is 35.0 Å². The van der Waals surface area contributed by atoms with Gasteiger partial charge < -0.3 is 14.6 Å². The topological polar surface area (TPSA) is 45.3 Å². The molecule has 1 aromatic heterocycles. The van der Waals surface area contributed by atoms with Crippen molar-refractivity contribution in [2.45, 2.75) is 26.1 Å². The second-order valence-corrected chi connectivity index (χ2v) is 5.68. The van der Waals surface area contributed by atoms with E-state index < -0.39 is 17.8 Å². The Hall–Kier alpha value is -2.02. The number of benzene rings is 1. The van der Waals surface area contributed by atoms with E-state index in [0.717, 1.165) is 5.56 Å². The van der Waals surface area contributed by atoms with E-state index in [1.165, 1.54) is 6.92 Å². The average Bonchev–Trinajstić information content (AvgIpc) is 2.76. The Morgan fingerprint density at radius 1 is 1.30 bits per heavy atom. The molecule has 0 aliphatic heterocycles. The van der Waals surface area contributed by atoms with Crippen molar-refractivity contribution in [3.63, 3.8) is 0 Å². The number of nitrogens with zero attached hydrogens (tertiary/aromatic N) is 1. The Balaban J connectivity index is 2.45. The van der Waals surface area contributed by atoms with E-state index >= 15 is 0 Å². The minimum atomic E-state index is -4.48. The number of hydrogen-bond donors (Lipinski definition) is 1. The van der Waals surface area contributed by atoms with Crippen LogP contribution < -0.4 is 0 Å². The number of aromatic amines is 1. The molecule has 0 aliphatic carbocycles. The van der Waals surface area contributed by atoms with Crippen molar-refractivity contribution in [1.29, 1.82) is 0 Å². The second-order valence-electron chi connectivity index (χ2n) is 5.68. The van der Waals surface area contributed by atoms with Crippen molar-refractivity contribution < 1.29 is 22.7 Å². The van der Waals surface area contributed by atoms with E-state index in [-0.39, 0.29) is 18.6 Å². The van der Waals surface area contributed by atoms with Gasteiger partial charge in [0.25, 0.3) is 0 Å². The summed E-state index contributed by atoms with van der Waals surface area (Å²) in [7, 11) is 3.79. The zero-order valence-electron chi connectivity index (χ0n) is 13.3. The maximum absolute atomic E-state index is 13.2. The molecule has 2 aromatic rings. The molecule has 0 aliphatic rings. The molecule has 0 saturated heterocycles. The van der Waals surface area contributed by atoms with Gasteiger partial charge in [-0.25, -0.2) is 0 Å². The molecule has 0 bridgehead atoms. The number of carbonyl (C=O) groups excluding carboxylic acids is 1. The normalized spacial score (nSPS) is 12.1. The highest BCUT2D eigenvalue weighted by atomic mass is 19.4. The number of esters is 1. The van der Waals surface area contributed by atoms with Crippen molar-refractivity contribution in [3.8, 4) is 0 Å². The summed E-state index contributed by atoms with van der Waals surface area (Å²) in [6, 6.07) is 5.21. The molecule has 0 unspecified atom stereocenters. The van der Waals surface area contributed by atoms with Gasteiger partial charge in [0.15, 0.2) is 0 Å². The standard InChI is InChI=1S/C16H19F3N2O2/c1-10(22)23-7-6-12-13-8-11(9-21(2)3)4-5-14(13)20-15(12)16(17,18)19/h4-5,8,20H,6-7,9H2,1-3H3. The number of halogens is 3. The predicted molar refractivity (Wildman–Crippen MR) is 81.0 cm³/mol. The van der Waals surface area contributed by atoms with Gasteiger partial charge >= 0.3 is 12.1 Å². The van der Waals surface area contributed by atoms with Crippen LogP contribution in [-0.4, -0.2) is 36.6 Å². The maximum Gasteiger partial charge on any atom is 0.431 e. The summed E-state index contributed by atoms with van der Waals surface area (Å²) in [6.07, 6.45) is -4.47. The zero-order valence-corrected chi connectivity index (χ0v) is 13.3. The van der Waals surface area contributed by atoms with Gasteiger partial charge in [-0.05, 0) is 37.4 Å². The summed E-state index contributed by atoms with van der Waals surface area (Å²) < 4.78 is 44.5. The first-order chi connectivity index (χ1) is 10.7. The Morgan fingerprint density at radius 2 is 2.00 bits per heavy atom. The molecule has 1 N–H and O–H groups in total. The maximum atomic E-state index is 13.2. The van der Waals surface area contributed by atoms with Gasteiger partial charge in [-0.2, -0.15) is 13.2 Å². The van der Waals surface area contributed by atoms with E-state index in [1.54, 1.807) is 18.2 Å². The van der Waals surface area contributed by atoms with Crippen LogP contribution in [0.4, 0.5) is 13.2 Å². The van der Waals surface area contributed by atoms with E-state index in [1.807, 2.05) is 19.0 Å². The first kappa shape index (κ1) is 17.3. The Kier molecular flexibility index (Phi) is 4.99. The van der Waals surface area contributed by atoms with Crippen LogP contribution in [0.5, 0.6) is 0 Å². The van der Waals surface area contributed by atoms with Crippen LogP contribution >= 0.6 is 0 Å². The molecule has 0 radical (unpaired) electrons. The third-order valence-corrected chi connectivity index (χ3v) is 3.41. The van der Waals surface area contributed by atoms with Crippen LogP contribution in [0.25, 0.3) is 10.9 Å². The fourth-order valence-corrected chi connectivity index (χ4v) is 2.56. The molecule has 4 nitrogen and oxygen atoms in total. The van der Waals surface area contributed by atoms with Crippen molar-refractivity contribution >= 4 is 16.9 Å². The first-order valence-corrected chi connectivity index (χ1v) is 7.17. The first-order valence-electron chi connectivity index (χ1n) is 7.17. The lowest BCUT2D eigenvalue weighted by atomic mass is 10.0. The number of alkyl halides is 3. The van der Waals surface area contributed by atoms with Crippen molar-refractivity contribution in [1.82, 2.24) is 9.88 Å². The molecule has 23 heavy (non-hydrogen) atoms. The van der Waals surface area contributed by atoms with Gasteiger partial charge in [0, 0.05) is 30.8 Å². The molecule has 0 amide bonds. The number of rotatable bonds is 5. The molecule has 0 spiro atoms. The van der Waals surface area contributed by atoms with Crippen LogP contribution in [0.1, 0.15) is 23.7 Å². The molecule has 1 heterocycles. The lowest BCUT2D eigenvalue weighted by Gasteiger charge is -2.10. The summed E-state index contributed by atoms with van der Waals surface area (Å²) in [4.78, 5) is 15.2. The molecular weight excluding hydrogens is 309 g/mol. The van der Waals surface area contributed by atoms with Gasteiger partial charge in [-0.3, -0.25) is 4.79 Å². The van der Waals surface area contributed by atoms with Crippen molar-refractivity contribution in [2.24, 2.45) is 0 Å². The van der Waals surface area contributed by atoms with Gasteiger partial charge in [-0.1, -0.05) is 6.07 Å². The minimum Gasteiger partial charge on any atom is -0.466 e. The van der Waals surface area contributed by atoms with E-state index in [9.17, 15) is 18.0 Å². The highest BCUT2D eigenvalue weighted by Gasteiger charge is 2.36. The van der Waals surface area contributed by atoms with Crippen molar-refractivity contribution in [2.75, 3.05) is 20.7 Å². The summed E-state index contributed by atoms with van der Waals surface area (Å²) >= 11 is 0. The highest BCUT2D eigenvalue weighted by molar-refractivity contribution is 5.85. The molecule has 2 rings (SSSR count). The van der Waals surface area contributed by atoms with Gasteiger partial charge in [-0.15, -0.1) is 0 Å². The Bertz CT molecular complexity index is 705. The summed E-state index contributed by atoms with van der Waals surface area (Å²) in [5, 5.41) is 0.517. The quantitative estimate of drug-likeness (QED) is 0.856. The summed E-state index contributed by atoms with van der Waals surface area (Å²) in [5.41, 5.74) is 0.706. The third-order valence-electron chi connectivity index (χ3n) is 3.41. The van der Waals surface area contributed by atoms with Crippen LogP contribution in [0.3, 0.4) is 0 Å². The van der Waals surface area contributed by atoms with Crippen LogP contribution in [0.2, 0.25) is 0 Å². The molecule has 0 saturated carbocycles. The molecule has 0 atom stereocenters. The minimum absolute atomic E-state index is 0.0137. The Labute approximate surface area is 132 Å². The lowest BCUT2D eigenvalue weighted by Crippen LogP contribution is -2.11. The molecule has 1 aromatic carbocycles. The fourth-order valence-electron chi connectivity index (χ4n) is 2.56. The van der Waals surface area contributed by atoms with Crippen LogP contribution in [-0.2, 0) is 28.7 Å². The lowest BCUT2D eigenvalue weighted by molar-refractivity contribution is -0.141. The summed E-state index contributed by atoms with van der Waals surface area (Å²) in [6.45, 7) is 1.78. The third kappa shape index (κ3) is 4.25. The monoisotopic (exact) mass is 328 g/mol. The largest absolute Gasteiger partial charge is 0.466 e. The van der Waals surface area contributed by atoms with Crippen LogP contribution in [0.15, 0.2) is 18.2 Å². The average molecular weight is 328 g/mol. The zero-order chi connectivity index (χ0) is 17.2. The van der Waals surface area contributed by atoms with E-state index in [4.69, 9.17) is 4.74 Å². The van der Waals surface area contributed by atoms with Crippen LogP contribution in [0, 0.1) is 0 Å². The smallest absolute Gasteiger partial charge is 0.431 e. The number of nitrogens with one attached hydrogen (secondary N) is 1. The molecular formula is C16H19F3N2O2. The molecule has 0 fully saturated rings. The molecule has 126 valence electrons. The highest BCUT2D eigenvalue weighted by Crippen LogP contribution is 2.36. The number of aromatic nitrogens is 1. The van der Waals surface area contributed by atoms with Gasteiger partial charge in [0.05, 0.1) is 6.61 Å². The van der Waals surface area contributed by atoms with E-state index in [0.29, 0.717) is 17.4 Å². The SMILES string of the molecule is CC(=O)OCCc1c(C(F)(F)F)[nH]c2ccc(CN(C)C)cc12. The number of H-pyrrole nitrogens is 1. The fraction of sp³-hybridized carbons (Fsp3) is 0.438. The number of hydrogen-bond acceptors (Lipinski definition) is 3. The van der Waals surface area contributed by atoms with Gasteiger partial charge in [0.1, 0.15) is 5.69 Å². The number of fused-ring (bicyclic) bond motifs is 1. The number of carbonyl (C=O) groups is 1. The Morgan fingerprint density at radius 3 is 2.57 bits per heavy atom. The van der Waals surface area contributed by atoms with E-state index in [2.05, 4.69) is 4.98 Å². The molecule has 7 heteroatoms. The van der Waals surface area contributed by atoms with Gasteiger partial charge in [0.2, 0.25) is 0 Å².